The third-order valence-corrected chi connectivity index (χ3v) is 3.92. The molecular weight excluding hydrogens is 362 g/mol. The summed E-state index contributed by atoms with van der Waals surface area (Å²) in [5.41, 5.74) is 0.883. The van der Waals surface area contributed by atoms with E-state index in [1.165, 1.54) is 6.07 Å². The number of nitro benzene ring substituents is 1. The predicted molar refractivity (Wildman–Crippen MR) is 93.2 cm³/mol. The van der Waals surface area contributed by atoms with Crippen molar-refractivity contribution in [2.75, 3.05) is 5.73 Å². The Morgan fingerprint density at radius 3 is 2.19 bits per heavy atom. The van der Waals surface area contributed by atoms with Gasteiger partial charge in [0.2, 0.25) is 5.75 Å². The second-order valence-corrected chi connectivity index (χ2v) is 5.95. The summed E-state index contributed by atoms with van der Waals surface area (Å²) in [5, 5.41) is 40.4. The van der Waals surface area contributed by atoms with Crippen molar-refractivity contribution in [2.24, 2.45) is 0 Å². The van der Waals surface area contributed by atoms with Crippen LogP contribution in [-0.2, 0) is 0 Å². The van der Waals surface area contributed by atoms with Crippen LogP contribution in [0.5, 0.6) is 5.75 Å². The standard InChI is InChI=1S/C16H15N3O8/c1-5(2)6-3-7(12(20)8(4-6)19(26)27)9-10(15(22)23)13(17)18-14(21)11(9)16(24)25/h3-5,20H,1-2H3,(H,22,23)(H,24,25)(H3,17,18,21). The molecule has 11 nitrogen and oxygen atoms in total. The number of hydrogen-bond donors (Lipinski definition) is 5. The second-order valence-electron chi connectivity index (χ2n) is 5.95. The van der Waals surface area contributed by atoms with Gasteiger partial charge in [-0.3, -0.25) is 14.9 Å². The molecule has 0 bridgehead atoms. The number of aromatic amines is 1. The van der Waals surface area contributed by atoms with Crippen LogP contribution in [0.3, 0.4) is 0 Å². The molecule has 0 aliphatic rings. The van der Waals surface area contributed by atoms with E-state index in [1.807, 2.05) is 4.98 Å². The molecule has 0 aliphatic heterocycles. The fraction of sp³-hybridized carbons (Fsp3) is 0.188. The molecule has 6 N–H and O–H groups in total. The molecule has 0 radical (unpaired) electrons. The van der Waals surface area contributed by atoms with Crippen LogP contribution in [-0.4, -0.2) is 37.2 Å². The van der Waals surface area contributed by atoms with Gasteiger partial charge in [-0.15, -0.1) is 0 Å². The largest absolute Gasteiger partial charge is 0.502 e. The fourth-order valence-corrected chi connectivity index (χ4v) is 2.62. The van der Waals surface area contributed by atoms with Crippen LogP contribution < -0.4 is 11.3 Å². The van der Waals surface area contributed by atoms with Gasteiger partial charge in [-0.1, -0.05) is 13.8 Å². The zero-order chi connectivity index (χ0) is 20.6. The van der Waals surface area contributed by atoms with E-state index in [9.17, 15) is 39.8 Å². The highest BCUT2D eigenvalue weighted by Gasteiger charge is 2.31. The van der Waals surface area contributed by atoms with Gasteiger partial charge in [0.05, 0.1) is 4.92 Å². The summed E-state index contributed by atoms with van der Waals surface area (Å²) in [5.74, 6) is -5.38. The lowest BCUT2D eigenvalue weighted by molar-refractivity contribution is -0.385. The Morgan fingerprint density at radius 2 is 1.74 bits per heavy atom. The molecule has 0 aliphatic carbocycles. The van der Waals surface area contributed by atoms with E-state index >= 15 is 0 Å². The first-order valence-corrected chi connectivity index (χ1v) is 7.51. The maximum atomic E-state index is 12.1. The Morgan fingerprint density at radius 1 is 1.19 bits per heavy atom. The molecule has 0 amide bonds. The normalized spacial score (nSPS) is 10.8. The Hall–Kier alpha value is -3.89. The maximum absolute atomic E-state index is 12.1. The van der Waals surface area contributed by atoms with Gasteiger partial charge in [-0.2, -0.15) is 0 Å². The van der Waals surface area contributed by atoms with Crippen LogP contribution in [0.25, 0.3) is 11.1 Å². The molecule has 0 saturated heterocycles. The van der Waals surface area contributed by atoms with Gasteiger partial charge in [-0.25, -0.2) is 9.59 Å². The number of aromatic hydroxyl groups is 1. The highest BCUT2D eigenvalue weighted by molar-refractivity contribution is 6.08. The molecule has 2 aromatic rings. The smallest absolute Gasteiger partial charge is 0.342 e. The Kier molecular flexibility index (Phi) is 4.88. The molecule has 0 unspecified atom stereocenters. The summed E-state index contributed by atoms with van der Waals surface area (Å²) >= 11 is 0. The van der Waals surface area contributed by atoms with E-state index in [4.69, 9.17) is 5.73 Å². The zero-order valence-corrected chi connectivity index (χ0v) is 14.1. The van der Waals surface area contributed by atoms with Gasteiger partial charge < -0.3 is 26.0 Å². The molecule has 1 heterocycles. The van der Waals surface area contributed by atoms with Crippen molar-refractivity contribution >= 4 is 23.4 Å². The number of benzene rings is 1. The number of nitrogens with two attached hydrogens (primary N) is 1. The number of nitro groups is 1. The van der Waals surface area contributed by atoms with E-state index in [0.29, 0.717) is 5.56 Å². The number of anilines is 1. The van der Waals surface area contributed by atoms with Gasteiger partial charge in [0.15, 0.2) is 0 Å². The third kappa shape index (κ3) is 3.29. The molecule has 1 aromatic heterocycles. The highest BCUT2D eigenvalue weighted by atomic mass is 16.6. The maximum Gasteiger partial charge on any atom is 0.342 e. The molecule has 142 valence electrons. The van der Waals surface area contributed by atoms with Crippen molar-refractivity contribution in [1.82, 2.24) is 4.98 Å². The SMILES string of the molecule is CC(C)c1cc(-c2c(C(=O)O)c(N)[nH]c(=O)c2C(=O)O)c(O)c([N+](=O)[O-])c1. The number of aromatic nitrogens is 1. The van der Waals surface area contributed by atoms with Crippen molar-refractivity contribution in [2.45, 2.75) is 19.8 Å². The number of nitrogen functional groups attached to an aromatic ring is 1. The highest BCUT2D eigenvalue weighted by Crippen LogP contribution is 2.42. The zero-order valence-electron chi connectivity index (χ0n) is 14.1. The van der Waals surface area contributed by atoms with Crippen LogP contribution in [0.15, 0.2) is 16.9 Å². The van der Waals surface area contributed by atoms with Gasteiger partial charge in [0, 0.05) is 17.2 Å². The van der Waals surface area contributed by atoms with E-state index < -0.39 is 61.9 Å². The number of phenolic OH excluding ortho intramolecular Hbond substituents is 1. The van der Waals surface area contributed by atoms with Crippen LogP contribution in [0.2, 0.25) is 0 Å². The first kappa shape index (κ1) is 19.4. The Bertz CT molecular complexity index is 1040. The summed E-state index contributed by atoms with van der Waals surface area (Å²) in [7, 11) is 0. The predicted octanol–water partition coefficient (Wildman–Crippen LogP) is 1.76. The summed E-state index contributed by atoms with van der Waals surface area (Å²) in [6, 6.07) is 2.28. The number of aromatic carboxylic acids is 2. The minimum absolute atomic E-state index is 0.288. The topological polar surface area (TPSA) is 197 Å². The summed E-state index contributed by atoms with van der Waals surface area (Å²) < 4.78 is 0. The summed E-state index contributed by atoms with van der Waals surface area (Å²) in [6.07, 6.45) is 0. The Labute approximate surface area is 150 Å². The van der Waals surface area contributed by atoms with Crippen LogP contribution >= 0.6 is 0 Å². The van der Waals surface area contributed by atoms with Crippen molar-refractivity contribution in [3.8, 4) is 16.9 Å². The van der Waals surface area contributed by atoms with Crippen molar-refractivity contribution < 1.29 is 29.8 Å². The first-order valence-electron chi connectivity index (χ1n) is 7.51. The number of hydrogen-bond acceptors (Lipinski definition) is 7. The molecule has 1 aromatic carbocycles. The number of nitrogens with zero attached hydrogens (tertiary/aromatic N) is 1. The number of carboxylic acid groups (broad SMARTS) is 2. The number of H-pyrrole nitrogens is 1. The van der Waals surface area contributed by atoms with Crippen LogP contribution in [0, 0.1) is 10.1 Å². The average molecular weight is 377 g/mol. The second kappa shape index (κ2) is 6.78. The van der Waals surface area contributed by atoms with Gasteiger partial charge >= 0.3 is 17.6 Å². The van der Waals surface area contributed by atoms with E-state index in [1.54, 1.807) is 13.8 Å². The molecule has 27 heavy (non-hydrogen) atoms. The lowest BCUT2D eigenvalue weighted by Crippen LogP contribution is -2.24. The van der Waals surface area contributed by atoms with Crippen LogP contribution in [0.4, 0.5) is 11.5 Å². The van der Waals surface area contributed by atoms with Crippen LogP contribution in [0.1, 0.15) is 46.0 Å². The molecule has 0 atom stereocenters. The van der Waals surface area contributed by atoms with Crippen molar-refractivity contribution in [1.29, 1.82) is 0 Å². The summed E-state index contributed by atoms with van der Waals surface area (Å²) in [6.45, 7) is 3.37. The third-order valence-electron chi connectivity index (χ3n) is 3.92. The van der Waals surface area contributed by atoms with E-state index in [2.05, 4.69) is 0 Å². The minimum Gasteiger partial charge on any atom is -0.502 e. The lowest BCUT2D eigenvalue weighted by atomic mass is 9.90. The number of nitrogens with one attached hydrogen (secondary N) is 1. The van der Waals surface area contributed by atoms with E-state index in [-0.39, 0.29) is 5.92 Å². The van der Waals surface area contributed by atoms with E-state index in [0.717, 1.165) is 6.07 Å². The quantitative estimate of drug-likeness (QED) is 0.380. The molecule has 0 saturated carbocycles. The first-order chi connectivity index (χ1) is 12.5. The number of rotatable bonds is 5. The van der Waals surface area contributed by atoms with Crippen molar-refractivity contribution in [3.05, 3.63) is 49.3 Å². The number of carboxylic acids is 2. The minimum atomic E-state index is -1.79. The molecular formula is C16H15N3O8. The molecule has 2 rings (SSSR count). The summed E-state index contributed by atoms with van der Waals surface area (Å²) in [4.78, 5) is 47.6. The van der Waals surface area contributed by atoms with Gasteiger partial charge in [0.25, 0.3) is 5.56 Å². The number of phenols is 1. The van der Waals surface area contributed by atoms with Gasteiger partial charge in [-0.05, 0) is 17.5 Å². The number of carbonyl (C=O) groups is 2. The average Bonchev–Trinajstić information content (AvgIpc) is 2.52. The monoisotopic (exact) mass is 377 g/mol. The molecule has 11 heteroatoms. The number of pyridine rings is 1. The lowest BCUT2D eigenvalue weighted by Gasteiger charge is -2.15. The Balaban J connectivity index is 3.14. The molecule has 0 spiro atoms. The van der Waals surface area contributed by atoms with Crippen molar-refractivity contribution in [3.63, 3.8) is 0 Å². The van der Waals surface area contributed by atoms with Gasteiger partial charge in [0.1, 0.15) is 16.9 Å². The molecule has 0 fully saturated rings. The fourth-order valence-electron chi connectivity index (χ4n) is 2.62.